The molecule has 1 fully saturated rings. The van der Waals surface area contributed by atoms with Crippen LogP contribution >= 0.6 is 0 Å². The molecule has 1 aliphatic carbocycles. The van der Waals surface area contributed by atoms with Gasteiger partial charge in [-0.3, -0.25) is 0 Å². The van der Waals surface area contributed by atoms with E-state index in [1.807, 2.05) is 24.3 Å². The molecule has 110 valence electrons. The molecule has 2 atom stereocenters. The van der Waals surface area contributed by atoms with Gasteiger partial charge in [-0.1, -0.05) is 18.2 Å². The predicted molar refractivity (Wildman–Crippen MR) is 77.7 cm³/mol. The zero-order chi connectivity index (χ0) is 14.4. The zero-order valence-corrected chi connectivity index (χ0v) is 12.0. The Hall–Kier alpha value is -1.39. The molecule has 0 aliphatic heterocycles. The molecular formula is C16H23NO3. The van der Waals surface area contributed by atoms with Gasteiger partial charge in [0, 0.05) is 13.5 Å². The smallest absolute Gasteiger partial charge is 0.338 e. The molecule has 1 aromatic rings. The highest BCUT2D eigenvalue weighted by molar-refractivity contribution is 5.91. The van der Waals surface area contributed by atoms with Crippen molar-refractivity contribution in [1.82, 2.24) is 0 Å². The number of hydrogen-bond acceptors (Lipinski definition) is 4. The molecular weight excluding hydrogens is 254 g/mol. The molecule has 1 saturated carbocycles. The molecule has 0 saturated heterocycles. The van der Waals surface area contributed by atoms with E-state index < -0.39 is 0 Å². The summed E-state index contributed by atoms with van der Waals surface area (Å²) in [5, 5.41) is 0. The topological polar surface area (TPSA) is 61.5 Å². The van der Waals surface area contributed by atoms with Gasteiger partial charge in [0.2, 0.25) is 0 Å². The summed E-state index contributed by atoms with van der Waals surface area (Å²) in [6.07, 6.45) is 4.67. The van der Waals surface area contributed by atoms with E-state index in [4.69, 9.17) is 15.2 Å². The van der Waals surface area contributed by atoms with Crippen molar-refractivity contribution in [3.63, 3.8) is 0 Å². The van der Waals surface area contributed by atoms with Gasteiger partial charge >= 0.3 is 5.97 Å². The van der Waals surface area contributed by atoms with E-state index in [-0.39, 0.29) is 18.2 Å². The Morgan fingerprint density at radius 1 is 1.30 bits per heavy atom. The van der Waals surface area contributed by atoms with Crippen LogP contribution in [0.1, 0.15) is 41.6 Å². The Morgan fingerprint density at radius 3 is 2.80 bits per heavy atom. The van der Waals surface area contributed by atoms with Crippen molar-refractivity contribution in [2.45, 2.75) is 44.3 Å². The second-order valence-corrected chi connectivity index (χ2v) is 5.25. The van der Waals surface area contributed by atoms with Crippen molar-refractivity contribution in [1.29, 1.82) is 0 Å². The highest BCUT2D eigenvalue weighted by Gasteiger charge is 2.25. The van der Waals surface area contributed by atoms with Gasteiger partial charge < -0.3 is 15.2 Å². The average molecular weight is 277 g/mol. The van der Waals surface area contributed by atoms with Gasteiger partial charge in [0.25, 0.3) is 0 Å². The number of carbonyl (C=O) groups is 1. The van der Waals surface area contributed by atoms with Crippen molar-refractivity contribution in [3.8, 4) is 0 Å². The molecule has 0 radical (unpaired) electrons. The van der Waals surface area contributed by atoms with Crippen molar-refractivity contribution >= 4 is 5.97 Å². The maximum Gasteiger partial charge on any atom is 0.338 e. The SMILES string of the molecule is COC1CCCC(OC(=O)c2ccccc2CCN)C1. The molecule has 0 heterocycles. The quantitative estimate of drug-likeness (QED) is 0.839. The van der Waals surface area contributed by atoms with Gasteiger partial charge in [-0.2, -0.15) is 0 Å². The van der Waals surface area contributed by atoms with Crippen LogP contribution < -0.4 is 5.73 Å². The minimum Gasteiger partial charge on any atom is -0.459 e. The van der Waals surface area contributed by atoms with Crippen LogP contribution in [-0.2, 0) is 15.9 Å². The fourth-order valence-corrected chi connectivity index (χ4v) is 2.73. The van der Waals surface area contributed by atoms with Crippen LogP contribution in [0.5, 0.6) is 0 Å². The predicted octanol–water partition coefficient (Wildman–Crippen LogP) is 2.30. The van der Waals surface area contributed by atoms with Crippen LogP contribution in [0.2, 0.25) is 0 Å². The summed E-state index contributed by atoms with van der Waals surface area (Å²) in [6.45, 7) is 0.527. The summed E-state index contributed by atoms with van der Waals surface area (Å²) in [4.78, 5) is 12.3. The van der Waals surface area contributed by atoms with Gasteiger partial charge in [0.15, 0.2) is 0 Å². The van der Waals surface area contributed by atoms with Crippen molar-refractivity contribution < 1.29 is 14.3 Å². The second-order valence-electron chi connectivity index (χ2n) is 5.25. The molecule has 4 nitrogen and oxygen atoms in total. The third kappa shape index (κ3) is 3.81. The van der Waals surface area contributed by atoms with Crippen molar-refractivity contribution in [2.75, 3.05) is 13.7 Å². The van der Waals surface area contributed by atoms with Gasteiger partial charge in [0.1, 0.15) is 6.10 Å². The van der Waals surface area contributed by atoms with Crippen LogP contribution in [0, 0.1) is 0 Å². The van der Waals surface area contributed by atoms with Gasteiger partial charge in [-0.05, 0) is 43.9 Å². The van der Waals surface area contributed by atoms with E-state index in [9.17, 15) is 4.79 Å². The van der Waals surface area contributed by atoms with Gasteiger partial charge in [0.05, 0.1) is 11.7 Å². The molecule has 4 heteroatoms. The molecule has 2 N–H and O–H groups in total. The largest absolute Gasteiger partial charge is 0.459 e. The number of esters is 1. The summed E-state index contributed by atoms with van der Waals surface area (Å²) in [5.41, 5.74) is 7.18. The minimum atomic E-state index is -0.240. The molecule has 20 heavy (non-hydrogen) atoms. The van der Waals surface area contributed by atoms with Crippen LogP contribution in [0.15, 0.2) is 24.3 Å². The highest BCUT2D eigenvalue weighted by Crippen LogP contribution is 2.24. The molecule has 1 aliphatic rings. The van der Waals surface area contributed by atoms with E-state index in [0.717, 1.165) is 31.2 Å². The fourth-order valence-electron chi connectivity index (χ4n) is 2.73. The number of benzene rings is 1. The first-order valence-corrected chi connectivity index (χ1v) is 7.26. The highest BCUT2D eigenvalue weighted by atomic mass is 16.5. The van der Waals surface area contributed by atoms with Crippen LogP contribution in [-0.4, -0.2) is 31.8 Å². The lowest BCUT2D eigenvalue weighted by molar-refractivity contribution is -0.0149. The number of nitrogens with two attached hydrogens (primary N) is 1. The van der Waals surface area contributed by atoms with Crippen LogP contribution in [0.3, 0.4) is 0 Å². The van der Waals surface area contributed by atoms with E-state index >= 15 is 0 Å². The molecule has 0 amide bonds. The summed E-state index contributed by atoms with van der Waals surface area (Å²) in [7, 11) is 1.71. The molecule has 0 bridgehead atoms. The first-order valence-electron chi connectivity index (χ1n) is 7.26. The zero-order valence-electron chi connectivity index (χ0n) is 12.0. The maximum absolute atomic E-state index is 12.3. The summed E-state index contributed by atoms with van der Waals surface area (Å²) >= 11 is 0. The maximum atomic E-state index is 12.3. The third-order valence-electron chi connectivity index (χ3n) is 3.84. The lowest BCUT2D eigenvalue weighted by atomic mass is 9.94. The summed E-state index contributed by atoms with van der Waals surface area (Å²) < 4.78 is 11.0. The molecule has 2 rings (SSSR count). The normalized spacial score (nSPS) is 22.5. The second kappa shape index (κ2) is 7.41. The molecule has 0 spiro atoms. The Labute approximate surface area is 120 Å². The Bertz CT molecular complexity index is 447. The molecule has 0 aromatic heterocycles. The number of methoxy groups -OCH3 is 1. The lowest BCUT2D eigenvalue weighted by Crippen LogP contribution is -2.29. The molecule has 2 unspecified atom stereocenters. The van der Waals surface area contributed by atoms with Gasteiger partial charge in [-0.15, -0.1) is 0 Å². The standard InChI is InChI=1S/C16H23NO3/c1-19-13-6-4-7-14(11-13)20-16(18)15-8-3-2-5-12(15)9-10-17/h2-3,5,8,13-14H,4,6-7,9-11,17H2,1H3. The van der Waals surface area contributed by atoms with Crippen molar-refractivity contribution in [3.05, 3.63) is 35.4 Å². The minimum absolute atomic E-state index is 0.0351. The third-order valence-corrected chi connectivity index (χ3v) is 3.84. The van der Waals surface area contributed by atoms with Crippen LogP contribution in [0.4, 0.5) is 0 Å². The average Bonchev–Trinajstić information content (AvgIpc) is 2.48. The van der Waals surface area contributed by atoms with E-state index in [1.165, 1.54) is 0 Å². The Balaban J connectivity index is 2.01. The summed E-state index contributed by atoms with van der Waals surface area (Å²) in [6, 6.07) is 7.52. The molecule has 1 aromatic carbocycles. The van der Waals surface area contributed by atoms with Crippen molar-refractivity contribution in [2.24, 2.45) is 5.73 Å². The number of hydrogen-bond donors (Lipinski definition) is 1. The lowest BCUT2D eigenvalue weighted by Gasteiger charge is -2.28. The van der Waals surface area contributed by atoms with E-state index in [1.54, 1.807) is 7.11 Å². The number of ether oxygens (including phenoxy) is 2. The fraction of sp³-hybridized carbons (Fsp3) is 0.562. The van der Waals surface area contributed by atoms with E-state index in [2.05, 4.69) is 0 Å². The first kappa shape index (κ1) is 15.0. The van der Waals surface area contributed by atoms with E-state index in [0.29, 0.717) is 18.5 Å². The number of carbonyl (C=O) groups excluding carboxylic acids is 1. The van der Waals surface area contributed by atoms with Gasteiger partial charge in [-0.25, -0.2) is 4.79 Å². The summed E-state index contributed by atoms with van der Waals surface area (Å²) in [5.74, 6) is -0.240. The first-order chi connectivity index (χ1) is 9.74. The Morgan fingerprint density at radius 2 is 2.05 bits per heavy atom. The monoisotopic (exact) mass is 277 g/mol. The Kier molecular flexibility index (Phi) is 5.56. The number of rotatable bonds is 5. The van der Waals surface area contributed by atoms with Crippen LogP contribution in [0.25, 0.3) is 0 Å².